The molecule has 2 aromatic rings. The van der Waals surface area contributed by atoms with E-state index in [2.05, 4.69) is 15.5 Å². The first-order chi connectivity index (χ1) is 10.7. The molecule has 0 spiro atoms. The van der Waals surface area contributed by atoms with Crippen LogP contribution in [0.2, 0.25) is 0 Å². The number of hydrogen-bond donors (Lipinski definition) is 3. The van der Waals surface area contributed by atoms with Gasteiger partial charge in [-0.25, -0.2) is 4.39 Å². The zero-order valence-corrected chi connectivity index (χ0v) is 12.1. The maximum Gasteiger partial charge on any atom is 0.227 e. The van der Waals surface area contributed by atoms with Crippen molar-refractivity contribution in [3.8, 4) is 0 Å². The molecule has 0 saturated carbocycles. The average molecular weight is 303 g/mol. The lowest BCUT2D eigenvalue weighted by molar-refractivity contribution is -0.123. The zero-order valence-electron chi connectivity index (χ0n) is 12.1. The minimum atomic E-state index is -1.06. The van der Waals surface area contributed by atoms with Crippen LogP contribution in [0, 0.1) is 5.82 Å². The molecule has 0 bridgehead atoms. The van der Waals surface area contributed by atoms with Crippen LogP contribution in [0.4, 0.5) is 4.39 Å². The number of carbonyl (C=O) groups excluding carboxylic acids is 1. The summed E-state index contributed by atoms with van der Waals surface area (Å²) in [5.74, 6) is -0.882. The predicted molar refractivity (Wildman–Crippen MR) is 78.6 cm³/mol. The molecule has 0 fully saturated rings. The second kappa shape index (κ2) is 6.27. The largest absolute Gasteiger partial charge is 0.386 e. The zero-order chi connectivity index (χ0) is 15.5. The minimum Gasteiger partial charge on any atom is -0.386 e. The number of carbonyl (C=O) groups is 1. The van der Waals surface area contributed by atoms with Gasteiger partial charge in [0.2, 0.25) is 5.91 Å². The molecular formula is C16H18FN3O2. The number of aryl methyl sites for hydroxylation is 1. The summed E-state index contributed by atoms with van der Waals surface area (Å²) in [6.45, 7) is -0.0105. The molecule has 3 N–H and O–H groups in total. The molecule has 22 heavy (non-hydrogen) atoms. The lowest BCUT2D eigenvalue weighted by atomic mass is 9.86. The van der Waals surface area contributed by atoms with Crippen molar-refractivity contribution in [2.24, 2.45) is 0 Å². The molecule has 0 aliphatic heterocycles. The van der Waals surface area contributed by atoms with Gasteiger partial charge in [-0.05, 0) is 25.3 Å². The number of amides is 1. The van der Waals surface area contributed by atoms with Crippen molar-refractivity contribution in [2.75, 3.05) is 6.54 Å². The molecule has 0 radical (unpaired) electrons. The normalized spacial score (nSPS) is 18.5. The Bertz CT molecular complexity index is 671. The third-order valence-electron chi connectivity index (χ3n) is 4.10. The molecule has 6 heteroatoms. The number of aliphatic hydroxyl groups is 1. The summed E-state index contributed by atoms with van der Waals surface area (Å²) < 4.78 is 13.6. The highest BCUT2D eigenvalue weighted by atomic mass is 19.1. The number of rotatable bonds is 4. The maximum absolute atomic E-state index is 13.6. The van der Waals surface area contributed by atoms with E-state index >= 15 is 0 Å². The maximum atomic E-state index is 13.6. The standard InChI is InChI=1S/C16H18FN3O2/c17-13-6-2-1-4-11(13)15(21)9-18-16(22)10-5-3-7-14-12(10)8-19-20-14/h1-2,4,6,8,10,15,21H,3,5,7,9H2,(H,18,22)(H,19,20)/t10-,15+/m1/s1. The van der Waals surface area contributed by atoms with Gasteiger partial charge in [0, 0.05) is 23.4 Å². The summed E-state index contributed by atoms with van der Waals surface area (Å²) in [6.07, 6.45) is 3.21. The van der Waals surface area contributed by atoms with Crippen LogP contribution in [0.5, 0.6) is 0 Å². The summed E-state index contributed by atoms with van der Waals surface area (Å²) in [7, 11) is 0. The molecule has 1 aliphatic carbocycles. The van der Waals surface area contributed by atoms with Crippen molar-refractivity contribution in [1.82, 2.24) is 15.5 Å². The lowest BCUT2D eigenvalue weighted by Crippen LogP contribution is -2.34. The van der Waals surface area contributed by atoms with Gasteiger partial charge in [0.15, 0.2) is 0 Å². The fraction of sp³-hybridized carbons (Fsp3) is 0.375. The fourth-order valence-electron chi connectivity index (χ4n) is 2.91. The fourth-order valence-corrected chi connectivity index (χ4v) is 2.91. The van der Waals surface area contributed by atoms with E-state index < -0.39 is 11.9 Å². The lowest BCUT2D eigenvalue weighted by Gasteiger charge is -2.22. The van der Waals surface area contributed by atoms with Gasteiger partial charge in [-0.1, -0.05) is 18.2 Å². The SMILES string of the molecule is O=C(NC[C@H](O)c1ccccc1F)[C@@H]1CCCc2[nH]ncc21. The quantitative estimate of drug-likeness (QED) is 0.806. The van der Waals surface area contributed by atoms with Gasteiger partial charge in [0.1, 0.15) is 5.82 Å². The number of aliphatic hydroxyl groups excluding tert-OH is 1. The summed E-state index contributed by atoms with van der Waals surface area (Å²) >= 11 is 0. The van der Waals surface area contributed by atoms with Gasteiger partial charge >= 0.3 is 0 Å². The van der Waals surface area contributed by atoms with Gasteiger partial charge in [0.05, 0.1) is 18.2 Å². The average Bonchev–Trinajstić information content (AvgIpc) is 3.01. The molecule has 116 valence electrons. The topological polar surface area (TPSA) is 78.0 Å². The summed E-state index contributed by atoms with van der Waals surface area (Å²) in [4.78, 5) is 12.3. The van der Waals surface area contributed by atoms with Crippen molar-refractivity contribution < 1.29 is 14.3 Å². The third-order valence-corrected chi connectivity index (χ3v) is 4.10. The molecule has 1 aromatic carbocycles. The van der Waals surface area contributed by atoms with Crippen LogP contribution in [0.15, 0.2) is 30.5 Å². The van der Waals surface area contributed by atoms with E-state index in [9.17, 15) is 14.3 Å². The molecule has 5 nitrogen and oxygen atoms in total. The molecule has 0 saturated heterocycles. The highest BCUT2D eigenvalue weighted by Gasteiger charge is 2.28. The Morgan fingerprint density at radius 3 is 3.14 bits per heavy atom. The predicted octanol–water partition coefficient (Wildman–Crippen LogP) is 1.82. The Hall–Kier alpha value is -2.21. The Balaban J connectivity index is 1.63. The van der Waals surface area contributed by atoms with Crippen LogP contribution in [-0.2, 0) is 11.2 Å². The summed E-state index contributed by atoms with van der Waals surface area (Å²) in [5, 5.41) is 19.6. The van der Waals surface area contributed by atoms with E-state index in [1.165, 1.54) is 12.1 Å². The summed E-state index contributed by atoms with van der Waals surface area (Å²) in [5.41, 5.74) is 2.11. The first-order valence-electron chi connectivity index (χ1n) is 7.39. The number of nitrogens with one attached hydrogen (secondary N) is 2. The molecular weight excluding hydrogens is 285 g/mol. The number of fused-ring (bicyclic) bond motifs is 1. The molecule has 1 heterocycles. The first-order valence-corrected chi connectivity index (χ1v) is 7.39. The molecule has 2 atom stereocenters. The van der Waals surface area contributed by atoms with Crippen LogP contribution in [0.25, 0.3) is 0 Å². The number of benzene rings is 1. The first kappa shape index (κ1) is 14.7. The molecule has 1 aliphatic rings. The van der Waals surface area contributed by atoms with Crippen molar-refractivity contribution in [3.63, 3.8) is 0 Å². The van der Waals surface area contributed by atoms with Gasteiger partial charge < -0.3 is 10.4 Å². The van der Waals surface area contributed by atoms with E-state index in [0.29, 0.717) is 0 Å². The molecule has 3 rings (SSSR count). The van der Waals surface area contributed by atoms with Gasteiger partial charge in [-0.2, -0.15) is 5.10 Å². The second-order valence-corrected chi connectivity index (χ2v) is 5.53. The van der Waals surface area contributed by atoms with Crippen LogP contribution in [0.3, 0.4) is 0 Å². The molecule has 1 amide bonds. The Morgan fingerprint density at radius 2 is 2.32 bits per heavy atom. The Morgan fingerprint density at radius 1 is 1.50 bits per heavy atom. The molecule has 0 unspecified atom stereocenters. The van der Waals surface area contributed by atoms with Crippen LogP contribution in [0.1, 0.15) is 41.7 Å². The van der Waals surface area contributed by atoms with Gasteiger partial charge in [0.25, 0.3) is 0 Å². The highest BCUT2D eigenvalue weighted by Crippen LogP contribution is 2.30. The van der Waals surface area contributed by atoms with E-state index in [-0.39, 0.29) is 23.9 Å². The van der Waals surface area contributed by atoms with Crippen molar-refractivity contribution >= 4 is 5.91 Å². The minimum absolute atomic E-state index is 0.0105. The smallest absolute Gasteiger partial charge is 0.227 e. The number of halogens is 1. The number of H-pyrrole nitrogens is 1. The van der Waals surface area contributed by atoms with Crippen molar-refractivity contribution in [2.45, 2.75) is 31.3 Å². The second-order valence-electron chi connectivity index (χ2n) is 5.53. The van der Waals surface area contributed by atoms with Crippen LogP contribution in [-0.4, -0.2) is 27.8 Å². The Kier molecular flexibility index (Phi) is 4.20. The van der Waals surface area contributed by atoms with Crippen LogP contribution >= 0.6 is 0 Å². The van der Waals surface area contributed by atoms with Gasteiger partial charge in [-0.15, -0.1) is 0 Å². The third kappa shape index (κ3) is 2.87. The highest BCUT2D eigenvalue weighted by molar-refractivity contribution is 5.84. The van der Waals surface area contributed by atoms with E-state index in [1.54, 1.807) is 18.3 Å². The number of hydrogen-bond acceptors (Lipinski definition) is 3. The number of aromatic amines is 1. The number of aromatic nitrogens is 2. The number of nitrogens with zero attached hydrogens (tertiary/aromatic N) is 1. The molecule has 1 aromatic heterocycles. The van der Waals surface area contributed by atoms with Crippen molar-refractivity contribution in [3.05, 3.63) is 53.1 Å². The van der Waals surface area contributed by atoms with Gasteiger partial charge in [-0.3, -0.25) is 9.89 Å². The van der Waals surface area contributed by atoms with Crippen molar-refractivity contribution in [1.29, 1.82) is 0 Å². The van der Waals surface area contributed by atoms with Crippen LogP contribution < -0.4 is 5.32 Å². The monoisotopic (exact) mass is 303 g/mol. The van der Waals surface area contributed by atoms with E-state index in [1.807, 2.05) is 0 Å². The summed E-state index contributed by atoms with van der Waals surface area (Å²) in [6, 6.07) is 6.02. The van der Waals surface area contributed by atoms with E-state index in [0.717, 1.165) is 30.5 Å². The Labute approximate surface area is 127 Å². The van der Waals surface area contributed by atoms with E-state index in [4.69, 9.17) is 0 Å².